The van der Waals surface area contributed by atoms with Crippen LogP contribution in [0.5, 0.6) is 11.5 Å². The summed E-state index contributed by atoms with van der Waals surface area (Å²) in [6.07, 6.45) is 0. The van der Waals surface area contributed by atoms with E-state index < -0.39 is 17.7 Å². The first kappa shape index (κ1) is 23.8. The third-order valence-corrected chi connectivity index (χ3v) is 7.29. The third-order valence-electron chi connectivity index (χ3n) is 6.02. The lowest BCUT2D eigenvalue weighted by atomic mass is 9.95. The lowest BCUT2D eigenvalue weighted by Crippen LogP contribution is -2.29. The standard InChI is InChI=1S/C27H21ClN2O5S/c1-14-4-10-18-21(12-14)36-27(29-18)30-23(16-7-11-19(34-2)20(13-16)35-3)22(25(32)26(30)33)24(31)15-5-8-17(28)9-6-15/h4-13,23,31H,1-3H3. The molecule has 1 N–H and O–H groups in total. The van der Waals surface area contributed by atoms with Crippen molar-refractivity contribution in [3.63, 3.8) is 0 Å². The van der Waals surface area contributed by atoms with E-state index >= 15 is 0 Å². The highest BCUT2D eigenvalue weighted by atomic mass is 35.5. The van der Waals surface area contributed by atoms with E-state index in [9.17, 15) is 14.7 Å². The molecule has 7 nitrogen and oxygen atoms in total. The van der Waals surface area contributed by atoms with Crippen molar-refractivity contribution < 1.29 is 24.2 Å². The van der Waals surface area contributed by atoms with Crippen molar-refractivity contribution in [2.45, 2.75) is 13.0 Å². The molecule has 0 radical (unpaired) electrons. The van der Waals surface area contributed by atoms with Gasteiger partial charge in [0.1, 0.15) is 5.76 Å². The van der Waals surface area contributed by atoms with Crippen LogP contribution in [0.15, 0.2) is 66.2 Å². The summed E-state index contributed by atoms with van der Waals surface area (Å²) < 4.78 is 11.7. The molecule has 182 valence electrons. The van der Waals surface area contributed by atoms with E-state index in [-0.39, 0.29) is 11.3 Å². The third kappa shape index (κ3) is 3.98. The molecule has 1 aliphatic heterocycles. The van der Waals surface area contributed by atoms with E-state index in [0.717, 1.165) is 10.3 Å². The predicted molar refractivity (Wildman–Crippen MR) is 140 cm³/mol. The highest BCUT2D eigenvalue weighted by Crippen LogP contribution is 2.45. The number of halogens is 1. The number of amides is 1. The number of aliphatic hydroxyl groups is 1. The number of aliphatic hydroxyl groups excluding tert-OH is 1. The maximum absolute atomic E-state index is 13.4. The van der Waals surface area contributed by atoms with Crippen LogP contribution >= 0.6 is 22.9 Å². The Morgan fingerprint density at radius 3 is 2.42 bits per heavy atom. The summed E-state index contributed by atoms with van der Waals surface area (Å²) in [6, 6.07) is 16.4. The second kappa shape index (κ2) is 9.29. The van der Waals surface area contributed by atoms with Crippen LogP contribution in [0.1, 0.15) is 22.7 Å². The number of hydrogen-bond acceptors (Lipinski definition) is 7. The first-order valence-corrected chi connectivity index (χ1v) is 12.2. The van der Waals surface area contributed by atoms with Crippen LogP contribution in [-0.4, -0.2) is 36.0 Å². The monoisotopic (exact) mass is 520 g/mol. The number of aryl methyl sites for hydroxylation is 1. The van der Waals surface area contributed by atoms with Crippen molar-refractivity contribution in [1.29, 1.82) is 0 Å². The fraction of sp³-hybridized carbons (Fsp3) is 0.148. The molecule has 0 spiro atoms. The van der Waals surface area contributed by atoms with Crippen molar-refractivity contribution in [1.82, 2.24) is 4.98 Å². The number of Topliss-reactive ketones (excluding diaryl/α,β-unsaturated/α-hetero) is 1. The van der Waals surface area contributed by atoms with Gasteiger partial charge in [-0.15, -0.1) is 0 Å². The largest absolute Gasteiger partial charge is 0.507 e. The molecule has 1 fully saturated rings. The molecule has 2 heterocycles. The van der Waals surface area contributed by atoms with Crippen LogP contribution in [-0.2, 0) is 9.59 Å². The number of anilines is 1. The zero-order chi connectivity index (χ0) is 25.6. The number of methoxy groups -OCH3 is 2. The molecule has 3 aromatic carbocycles. The van der Waals surface area contributed by atoms with Crippen molar-refractivity contribution >= 4 is 55.7 Å². The zero-order valence-corrected chi connectivity index (χ0v) is 21.2. The lowest BCUT2D eigenvalue weighted by molar-refractivity contribution is -0.132. The highest BCUT2D eigenvalue weighted by Gasteiger charge is 2.48. The molecule has 5 rings (SSSR count). The topological polar surface area (TPSA) is 89.0 Å². The van der Waals surface area contributed by atoms with Gasteiger partial charge >= 0.3 is 5.91 Å². The Labute approximate surface area is 216 Å². The Hall–Kier alpha value is -3.88. The average Bonchev–Trinajstić information content (AvgIpc) is 3.41. The van der Waals surface area contributed by atoms with Crippen LogP contribution in [0.4, 0.5) is 5.13 Å². The van der Waals surface area contributed by atoms with Gasteiger partial charge in [-0.1, -0.05) is 35.1 Å². The first-order valence-electron chi connectivity index (χ1n) is 11.0. The summed E-state index contributed by atoms with van der Waals surface area (Å²) in [5.74, 6) is -0.971. The summed E-state index contributed by atoms with van der Waals surface area (Å²) in [7, 11) is 3.02. The Morgan fingerprint density at radius 1 is 1.00 bits per heavy atom. The van der Waals surface area contributed by atoms with Crippen LogP contribution in [0.25, 0.3) is 16.0 Å². The molecule has 0 bridgehead atoms. The van der Waals surface area contributed by atoms with Gasteiger partial charge in [0.15, 0.2) is 16.6 Å². The van der Waals surface area contributed by atoms with Gasteiger partial charge in [0.2, 0.25) is 0 Å². The van der Waals surface area contributed by atoms with Gasteiger partial charge in [-0.25, -0.2) is 4.98 Å². The first-order chi connectivity index (χ1) is 17.3. The van der Waals surface area contributed by atoms with Crippen molar-refractivity contribution in [2.75, 3.05) is 19.1 Å². The molecule has 9 heteroatoms. The summed E-state index contributed by atoms with van der Waals surface area (Å²) >= 11 is 7.31. The molecular formula is C27H21ClN2O5S. The van der Waals surface area contributed by atoms with Crippen molar-refractivity contribution in [2.24, 2.45) is 0 Å². The fourth-order valence-electron chi connectivity index (χ4n) is 4.25. The minimum atomic E-state index is -0.942. The van der Waals surface area contributed by atoms with E-state index in [2.05, 4.69) is 4.98 Å². The SMILES string of the molecule is COc1ccc(C2C(=C(O)c3ccc(Cl)cc3)C(=O)C(=O)N2c2nc3ccc(C)cc3s2)cc1OC. The molecule has 1 aromatic heterocycles. The van der Waals surface area contributed by atoms with Crippen molar-refractivity contribution in [3.05, 3.63) is 87.9 Å². The number of aromatic nitrogens is 1. The Balaban J connectivity index is 1.75. The molecule has 4 aromatic rings. The maximum atomic E-state index is 13.4. The number of benzene rings is 3. The lowest BCUT2D eigenvalue weighted by Gasteiger charge is -2.23. The number of rotatable bonds is 5. The van der Waals surface area contributed by atoms with Crippen LogP contribution in [0.2, 0.25) is 5.02 Å². The number of fused-ring (bicyclic) bond motifs is 1. The summed E-state index contributed by atoms with van der Waals surface area (Å²) in [6.45, 7) is 1.97. The molecule has 1 atom stereocenters. The second-order valence-corrected chi connectivity index (χ2v) is 9.70. The summed E-state index contributed by atoms with van der Waals surface area (Å²) in [4.78, 5) is 32.8. The van der Waals surface area contributed by atoms with Gasteiger partial charge in [-0.2, -0.15) is 0 Å². The van der Waals surface area contributed by atoms with E-state index in [0.29, 0.717) is 38.3 Å². The number of nitrogens with zero attached hydrogens (tertiary/aromatic N) is 2. The van der Waals surface area contributed by atoms with E-state index in [4.69, 9.17) is 21.1 Å². The number of ketones is 1. The number of thiazole rings is 1. The van der Waals surface area contributed by atoms with E-state index in [1.165, 1.54) is 30.5 Å². The Morgan fingerprint density at radius 2 is 1.72 bits per heavy atom. The minimum absolute atomic E-state index is 0.0509. The predicted octanol–water partition coefficient (Wildman–Crippen LogP) is 5.90. The number of carbonyl (C=O) groups is 2. The minimum Gasteiger partial charge on any atom is -0.507 e. The normalized spacial score (nSPS) is 17.1. The molecule has 0 aliphatic carbocycles. The van der Waals surface area contributed by atoms with Crippen molar-refractivity contribution in [3.8, 4) is 11.5 Å². The molecule has 1 amide bonds. The number of ether oxygens (including phenoxy) is 2. The molecule has 36 heavy (non-hydrogen) atoms. The Bertz CT molecular complexity index is 1540. The van der Waals surface area contributed by atoms with Gasteiger partial charge in [-0.05, 0) is 66.6 Å². The van der Waals surface area contributed by atoms with Gasteiger partial charge in [-0.3, -0.25) is 14.5 Å². The smallest absolute Gasteiger partial charge is 0.301 e. The van der Waals surface area contributed by atoms with Gasteiger partial charge < -0.3 is 14.6 Å². The number of hydrogen-bond donors (Lipinski definition) is 1. The van der Waals surface area contributed by atoms with E-state index in [1.807, 2.05) is 25.1 Å². The average molecular weight is 521 g/mol. The molecule has 0 saturated carbocycles. The summed E-state index contributed by atoms with van der Waals surface area (Å²) in [5.41, 5.74) is 2.63. The fourth-order valence-corrected chi connectivity index (χ4v) is 5.47. The molecule has 1 unspecified atom stereocenters. The number of carbonyl (C=O) groups excluding carboxylic acids is 2. The van der Waals surface area contributed by atoms with Crippen LogP contribution < -0.4 is 14.4 Å². The molecule has 1 aliphatic rings. The van der Waals surface area contributed by atoms with Gasteiger partial charge in [0.25, 0.3) is 5.78 Å². The molecular weight excluding hydrogens is 500 g/mol. The van der Waals surface area contributed by atoms with Crippen LogP contribution in [0.3, 0.4) is 0 Å². The highest BCUT2D eigenvalue weighted by molar-refractivity contribution is 7.22. The molecule has 1 saturated heterocycles. The van der Waals surface area contributed by atoms with E-state index in [1.54, 1.807) is 42.5 Å². The zero-order valence-electron chi connectivity index (χ0n) is 19.6. The quantitative estimate of drug-likeness (QED) is 0.200. The van der Waals surface area contributed by atoms with Crippen LogP contribution in [0, 0.1) is 6.92 Å². The maximum Gasteiger partial charge on any atom is 0.301 e. The summed E-state index contributed by atoms with van der Waals surface area (Å²) in [5, 5.41) is 12.1. The van der Waals surface area contributed by atoms with Gasteiger partial charge in [0.05, 0.1) is 36.1 Å². The van der Waals surface area contributed by atoms with Gasteiger partial charge in [0, 0.05) is 10.6 Å². The Kier molecular flexibility index (Phi) is 6.15. The second-order valence-electron chi connectivity index (χ2n) is 8.26.